The van der Waals surface area contributed by atoms with E-state index in [1.165, 1.54) is 24.3 Å². The molecule has 2 aromatic carbocycles. The summed E-state index contributed by atoms with van der Waals surface area (Å²) >= 11 is 0. The Morgan fingerprint density at radius 2 is 1.64 bits per heavy atom. The van der Waals surface area contributed by atoms with Gasteiger partial charge in [-0.05, 0) is 37.6 Å². The summed E-state index contributed by atoms with van der Waals surface area (Å²) in [5.74, 6) is 0. The summed E-state index contributed by atoms with van der Waals surface area (Å²) in [4.78, 5) is 9.85. The number of anilines is 1. The number of aryl methyl sites for hydroxylation is 2. The van der Waals surface area contributed by atoms with Crippen molar-refractivity contribution in [3.8, 4) is 0 Å². The van der Waals surface area contributed by atoms with Crippen molar-refractivity contribution in [1.82, 2.24) is 0 Å². The minimum atomic E-state index is -4.79. The summed E-state index contributed by atoms with van der Waals surface area (Å²) < 4.78 is 65.3. The van der Waals surface area contributed by atoms with E-state index in [1.54, 1.807) is 6.92 Å². The average molecular weight is 374 g/mol. The fraction of sp³-hybridized carbons (Fsp3) is 0.200. The van der Waals surface area contributed by atoms with Crippen LogP contribution in [-0.2, 0) is 16.2 Å². The highest BCUT2D eigenvalue weighted by Crippen LogP contribution is 2.38. The van der Waals surface area contributed by atoms with Gasteiger partial charge < -0.3 is 0 Å². The van der Waals surface area contributed by atoms with Crippen molar-refractivity contribution in [1.29, 1.82) is 0 Å². The molecule has 0 aromatic heterocycles. The van der Waals surface area contributed by atoms with Crippen molar-refractivity contribution < 1.29 is 26.5 Å². The molecule has 0 atom stereocenters. The second-order valence-corrected chi connectivity index (χ2v) is 7.04. The molecular formula is C15H13F3N2O4S. The Balaban J connectivity index is 2.54. The van der Waals surface area contributed by atoms with E-state index in [9.17, 15) is 31.7 Å². The fourth-order valence-corrected chi connectivity index (χ4v) is 3.22. The highest BCUT2D eigenvalue weighted by molar-refractivity contribution is 7.92. The quantitative estimate of drug-likeness (QED) is 0.646. The molecule has 2 rings (SSSR count). The molecule has 0 bridgehead atoms. The third-order valence-electron chi connectivity index (χ3n) is 3.42. The maximum Gasteiger partial charge on any atom is 0.416 e. The molecule has 0 saturated heterocycles. The zero-order chi connectivity index (χ0) is 19.0. The van der Waals surface area contributed by atoms with Gasteiger partial charge >= 0.3 is 6.18 Å². The summed E-state index contributed by atoms with van der Waals surface area (Å²) in [6.07, 6.45) is -4.79. The summed E-state index contributed by atoms with van der Waals surface area (Å²) in [5.41, 5.74) is -2.24. The van der Waals surface area contributed by atoms with Gasteiger partial charge in [-0.3, -0.25) is 14.8 Å². The molecule has 0 fully saturated rings. The summed E-state index contributed by atoms with van der Waals surface area (Å²) in [5, 5.41) is 11.1. The molecule has 0 spiro atoms. The number of hydrogen-bond donors (Lipinski definition) is 1. The van der Waals surface area contributed by atoms with Crippen molar-refractivity contribution in [3.05, 3.63) is 63.2 Å². The molecule has 0 amide bonds. The molecule has 0 radical (unpaired) electrons. The summed E-state index contributed by atoms with van der Waals surface area (Å²) in [7, 11) is -4.19. The monoisotopic (exact) mass is 374 g/mol. The van der Waals surface area contributed by atoms with E-state index in [2.05, 4.69) is 0 Å². The van der Waals surface area contributed by atoms with Gasteiger partial charge in [-0.1, -0.05) is 17.7 Å². The highest BCUT2D eigenvalue weighted by Gasteiger charge is 2.35. The first kappa shape index (κ1) is 18.7. The largest absolute Gasteiger partial charge is 0.416 e. The Morgan fingerprint density at radius 1 is 1.08 bits per heavy atom. The van der Waals surface area contributed by atoms with Gasteiger partial charge in [0.05, 0.1) is 15.4 Å². The average Bonchev–Trinajstić information content (AvgIpc) is 2.45. The number of nitro benzene ring substituents is 1. The molecule has 25 heavy (non-hydrogen) atoms. The van der Waals surface area contributed by atoms with Crippen molar-refractivity contribution in [2.24, 2.45) is 0 Å². The molecule has 1 N–H and O–H groups in total. The van der Waals surface area contributed by atoms with Gasteiger partial charge in [-0.15, -0.1) is 0 Å². The zero-order valence-electron chi connectivity index (χ0n) is 13.1. The van der Waals surface area contributed by atoms with Crippen LogP contribution in [0, 0.1) is 24.0 Å². The number of sulfonamides is 1. The van der Waals surface area contributed by atoms with Crippen LogP contribution in [0.2, 0.25) is 0 Å². The molecule has 0 aliphatic carbocycles. The van der Waals surface area contributed by atoms with E-state index in [1.807, 2.05) is 4.72 Å². The predicted molar refractivity (Wildman–Crippen MR) is 84.8 cm³/mol. The van der Waals surface area contributed by atoms with Crippen molar-refractivity contribution in [2.75, 3.05) is 4.72 Å². The SMILES string of the molecule is Cc1ccc(S(=O)(=O)Nc2cc(C)c(C(F)(F)F)cc2[N+](=O)[O-])cc1. The number of nitro groups is 1. The number of benzene rings is 2. The normalized spacial score (nSPS) is 12.0. The molecule has 6 nitrogen and oxygen atoms in total. The molecule has 0 heterocycles. The van der Waals surface area contributed by atoms with Crippen LogP contribution in [-0.4, -0.2) is 13.3 Å². The molecule has 10 heteroatoms. The minimum absolute atomic E-state index is 0.162. The van der Waals surface area contributed by atoms with Gasteiger partial charge in [0.25, 0.3) is 15.7 Å². The first-order chi connectivity index (χ1) is 11.4. The molecule has 134 valence electrons. The number of nitrogens with one attached hydrogen (secondary N) is 1. The lowest BCUT2D eigenvalue weighted by atomic mass is 10.1. The van der Waals surface area contributed by atoms with Crippen LogP contribution < -0.4 is 4.72 Å². The summed E-state index contributed by atoms with van der Waals surface area (Å²) in [6.45, 7) is 2.84. The topological polar surface area (TPSA) is 89.3 Å². The molecular weight excluding hydrogens is 361 g/mol. The molecule has 0 aliphatic heterocycles. The zero-order valence-corrected chi connectivity index (χ0v) is 13.9. The minimum Gasteiger partial charge on any atom is -0.273 e. The second-order valence-electron chi connectivity index (χ2n) is 5.36. The Bertz CT molecular complexity index is 923. The lowest BCUT2D eigenvalue weighted by Crippen LogP contribution is -2.16. The van der Waals surface area contributed by atoms with Crippen LogP contribution in [0.25, 0.3) is 0 Å². The van der Waals surface area contributed by atoms with E-state index in [0.717, 1.165) is 18.6 Å². The van der Waals surface area contributed by atoms with Crippen LogP contribution in [0.5, 0.6) is 0 Å². The lowest BCUT2D eigenvalue weighted by Gasteiger charge is -2.14. The van der Waals surface area contributed by atoms with Gasteiger partial charge in [0, 0.05) is 6.07 Å². The van der Waals surface area contributed by atoms with Gasteiger partial charge in [0.1, 0.15) is 5.69 Å². The van der Waals surface area contributed by atoms with Crippen LogP contribution >= 0.6 is 0 Å². The van der Waals surface area contributed by atoms with Crippen molar-refractivity contribution >= 4 is 21.4 Å². The van der Waals surface area contributed by atoms with E-state index < -0.39 is 38.1 Å². The van der Waals surface area contributed by atoms with E-state index >= 15 is 0 Å². The maximum absolute atomic E-state index is 12.9. The Hall–Kier alpha value is -2.62. The van der Waals surface area contributed by atoms with Crippen LogP contribution in [0.15, 0.2) is 41.3 Å². The van der Waals surface area contributed by atoms with E-state index in [-0.39, 0.29) is 10.5 Å². The van der Waals surface area contributed by atoms with Crippen molar-refractivity contribution in [2.45, 2.75) is 24.9 Å². The Kier molecular flexibility index (Phi) is 4.76. The first-order valence-corrected chi connectivity index (χ1v) is 8.36. The number of hydrogen-bond acceptors (Lipinski definition) is 4. The third kappa shape index (κ3) is 4.08. The molecule has 0 saturated carbocycles. The maximum atomic E-state index is 12.9. The second kappa shape index (κ2) is 6.36. The standard InChI is InChI=1S/C15H13F3N2O4S/c1-9-3-5-11(6-4-9)25(23,24)19-13-7-10(2)12(15(16,17)18)8-14(13)20(21)22/h3-8,19H,1-2H3. The van der Waals surface area contributed by atoms with Crippen LogP contribution in [0.3, 0.4) is 0 Å². The lowest BCUT2D eigenvalue weighted by molar-refractivity contribution is -0.384. The predicted octanol–water partition coefficient (Wildman–Crippen LogP) is 4.03. The number of nitrogens with zero attached hydrogens (tertiary/aromatic N) is 1. The van der Waals surface area contributed by atoms with Gasteiger partial charge in [0.2, 0.25) is 0 Å². The smallest absolute Gasteiger partial charge is 0.273 e. The summed E-state index contributed by atoms with van der Waals surface area (Å²) in [6, 6.07) is 6.76. The Morgan fingerprint density at radius 3 is 2.12 bits per heavy atom. The molecule has 0 aliphatic rings. The van der Waals surface area contributed by atoms with Crippen LogP contribution in [0.4, 0.5) is 24.5 Å². The first-order valence-electron chi connectivity index (χ1n) is 6.87. The number of halogens is 3. The van der Waals surface area contributed by atoms with Crippen LogP contribution in [0.1, 0.15) is 16.7 Å². The van der Waals surface area contributed by atoms with Gasteiger partial charge in [0.15, 0.2) is 0 Å². The highest BCUT2D eigenvalue weighted by atomic mass is 32.2. The number of alkyl halides is 3. The fourth-order valence-electron chi connectivity index (χ4n) is 2.16. The Labute approximate surface area is 141 Å². The molecule has 2 aromatic rings. The van der Waals surface area contributed by atoms with E-state index in [0.29, 0.717) is 6.07 Å². The third-order valence-corrected chi connectivity index (χ3v) is 4.80. The van der Waals surface area contributed by atoms with Gasteiger partial charge in [-0.25, -0.2) is 8.42 Å². The van der Waals surface area contributed by atoms with E-state index in [4.69, 9.17) is 0 Å². The molecule has 0 unspecified atom stereocenters. The van der Waals surface area contributed by atoms with Crippen molar-refractivity contribution in [3.63, 3.8) is 0 Å². The van der Waals surface area contributed by atoms with Gasteiger partial charge in [-0.2, -0.15) is 13.2 Å². The number of rotatable bonds is 4.